The molecule has 2 amide bonds. The molecule has 11 heteroatoms. The quantitative estimate of drug-likeness (QED) is 0.226. The molecule has 0 heterocycles. The molecule has 1 aliphatic rings. The lowest BCUT2D eigenvalue weighted by atomic mass is 10.1. The summed E-state index contributed by atoms with van der Waals surface area (Å²) in [6, 6.07) is 19.4. The van der Waals surface area contributed by atoms with Crippen LogP contribution in [0.2, 0.25) is 0 Å². The first-order valence-electron chi connectivity index (χ1n) is 14.9. The van der Waals surface area contributed by atoms with E-state index in [1.54, 1.807) is 55.6 Å². The Morgan fingerprint density at radius 3 is 2.11 bits per heavy atom. The van der Waals surface area contributed by atoms with E-state index in [-0.39, 0.29) is 23.4 Å². The summed E-state index contributed by atoms with van der Waals surface area (Å²) in [6.07, 6.45) is 4.29. The van der Waals surface area contributed by atoms with E-state index in [2.05, 4.69) is 21.2 Å². The normalized spacial score (nSPS) is 14.1. The average Bonchev–Trinajstić information content (AvgIpc) is 3.54. The van der Waals surface area contributed by atoms with E-state index in [0.29, 0.717) is 30.2 Å². The summed E-state index contributed by atoms with van der Waals surface area (Å²) in [7, 11) is -2.59. The molecule has 1 saturated carbocycles. The number of ether oxygens (including phenoxy) is 2. The molecule has 0 radical (unpaired) electrons. The summed E-state index contributed by atoms with van der Waals surface area (Å²) in [4.78, 5) is 29.4. The number of amides is 2. The number of rotatable bonds is 14. The lowest BCUT2D eigenvalue weighted by Gasteiger charge is -2.33. The Bertz CT molecular complexity index is 1490. The number of carbonyl (C=O) groups is 2. The van der Waals surface area contributed by atoms with Gasteiger partial charge in [-0.15, -0.1) is 0 Å². The van der Waals surface area contributed by atoms with Crippen molar-refractivity contribution in [2.24, 2.45) is 0 Å². The van der Waals surface area contributed by atoms with Crippen LogP contribution in [0.4, 0.5) is 5.69 Å². The molecule has 9 nitrogen and oxygen atoms in total. The third-order valence-electron chi connectivity index (χ3n) is 7.72. The molecule has 1 aliphatic carbocycles. The highest BCUT2D eigenvalue weighted by Crippen LogP contribution is 2.28. The molecule has 0 bridgehead atoms. The number of benzene rings is 3. The molecule has 0 unspecified atom stereocenters. The second-order valence-electron chi connectivity index (χ2n) is 10.7. The van der Waals surface area contributed by atoms with Gasteiger partial charge in [0.2, 0.25) is 11.8 Å². The van der Waals surface area contributed by atoms with Crippen LogP contribution in [0.1, 0.15) is 51.5 Å². The average molecular weight is 687 g/mol. The minimum absolute atomic E-state index is 0.0371. The predicted molar refractivity (Wildman–Crippen MR) is 174 cm³/mol. The first kappa shape index (κ1) is 33.3. The van der Waals surface area contributed by atoms with Gasteiger partial charge in [-0.25, -0.2) is 8.42 Å². The molecule has 0 aliphatic heterocycles. The monoisotopic (exact) mass is 685 g/mol. The van der Waals surface area contributed by atoms with Gasteiger partial charge in [-0.2, -0.15) is 0 Å². The van der Waals surface area contributed by atoms with Gasteiger partial charge in [0.05, 0.1) is 24.3 Å². The van der Waals surface area contributed by atoms with Crippen molar-refractivity contribution in [3.8, 4) is 11.5 Å². The zero-order chi connectivity index (χ0) is 31.7. The number of anilines is 1. The van der Waals surface area contributed by atoms with Gasteiger partial charge in [-0.1, -0.05) is 47.8 Å². The van der Waals surface area contributed by atoms with E-state index in [9.17, 15) is 18.0 Å². The largest absolute Gasteiger partial charge is 0.497 e. The predicted octanol–water partition coefficient (Wildman–Crippen LogP) is 5.92. The minimum atomic E-state index is -4.17. The van der Waals surface area contributed by atoms with Crippen molar-refractivity contribution in [3.05, 3.63) is 82.8 Å². The Morgan fingerprint density at radius 2 is 1.55 bits per heavy atom. The Kier molecular flexibility index (Phi) is 11.7. The van der Waals surface area contributed by atoms with Crippen LogP contribution >= 0.6 is 15.9 Å². The zero-order valence-corrected chi connectivity index (χ0v) is 27.8. The van der Waals surface area contributed by atoms with Crippen LogP contribution in [0.3, 0.4) is 0 Å². The second kappa shape index (κ2) is 15.4. The highest BCUT2D eigenvalue weighted by Gasteiger charge is 2.34. The van der Waals surface area contributed by atoms with Crippen molar-refractivity contribution >= 4 is 43.5 Å². The maximum Gasteiger partial charge on any atom is 0.264 e. The molecule has 4 rings (SSSR count). The van der Waals surface area contributed by atoms with E-state index in [1.807, 2.05) is 26.0 Å². The Balaban J connectivity index is 1.71. The standard InChI is InChI=1S/C33H40BrN3O6S/c1-4-31(33(39)35-26-8-6-7-9-26)36(22-24-10-16-28(42-3)17-11-24)32(38)23-37(27-14-18-29(19-15-27)43-5-2)44(40,41)30-20-12-25(34)13-21-30/h10-21,26,31H,4-9,22-23H2,1-3H3,(H,35,39)/t31-/m1/s1. The first-order valence-corrected chi connectivity index (χ1v) is 17.1. The molecule has 0 spiro atoms. The number of hydrogen-bond acceptors (Lipinski definition) is 6. The Hall–Kier alpha value is -3.57. The molecule has 44 heavy (non-hydrogen) atoms. The lowest BCUT2D eigenvalue weighted by molar-refractivity contribution is -0.140. The molecule has 3 aromatic rings. The Morgan fingerprint density at radius 1 is 0.932 bits per heavy atom. The third kappa shape index (κ3) is 8.32. The number of carbonyl (C=O) groups excluding carboxylic acids is 2. The van der Waals surface area contributed by atoms with E-state index in [0.717, 1.165) is 40.0 Å². The fourth-order valence-electron chi connectivity index (χ4n) is 5.35. The van der Waals surface area contributed by atoms with Gasteiger partial charge in [0.15, 0.2) is 0 Å². The van der Waals surface area contributed by atoms with E-state index >= 15 is 0 Å². The minimum Gasteiger partial charge on any atom is -0.497 e. The number of sulfonamides is 1. The van der Waals surface area contributed by atoms with Crippen LogP contribution in [-0.2, 0) is 26.2 Å². The highest BCUT2D eigenvalue weighted by atomic mass is 79.9. The summed E-state index contributed by atoms with van der Waals surface area (Å²) in [5, 5.41) is 3.13. The van der Waals surface area contributed by atoms with E-state index < -0.39 is 28.5 Å². The number of hydrogen-bond donors (Lipinski definition) is 1. The van der Waals surface area contributed by atoms with Crippen molar-refractivity contribution in [2.75, 3.05) is 24.6 Å². The van der Waals surface area contributed by atoms with Crippen molar-refractivity contribution in [3.63, 3.8) is 0 Å². The van der Waals surface area contributed by atoms with Gasteiger partial charge in [-0.05, 0) is 92.4 Å². The van der Waals surface area contributed by atoms with Crippen molar-refractivity contribution < 1.29 is 27.5 Å². The molecule has 0 saturated heterocycles. The van der Waals surface area contributed by atoms with Crippen LogP contribution in [0.15, 0.2) is 82.2 Å². The number of methoxy groups -OCH3 is 1. The first-order chi connectivity index (χ1) is 21.2. The van der Waals surface area contributed by atoms with Crippen molar-refractivity contribution in [1.29, 1.82) is 0 Å². The maximum atomic E-state index is 14.3. The number of nitrogens with zero attached hydrogens (tertiary/aromatic N) is 2. The smallest absolute Gasteiger partial charge is 0.264 e. The van der Waals surface area contributed by atoms with Gasteiger partial charge in [0.25, 0.3) is 10.0 Å². The highest BCUT2D eigenvalue weighted by molar-refractivity contribution is 9.10. The van der Waals surface area contributed by atoms with Crippen LogP contribution in [-0.4, -0.2) is 57.5 Å². The molecule has 3 aromatic carbocycles. The molecular formula is C33H40BrN3O6S. The van der Waals surface area contributed by atoms with E-state index in [4.69, 9.17) is 9.47 Å². The van der Waals surface area contributed by atoms with Gasteiger partial charge in [-0.3, -0.25) is 13.9 Å². The van der Waals surface area contributed by atoms with Crippen molar-refractivity contribution in [1.82, 2.24) is 10.2 Å². The lowest BCUT2D eigenvalue weighted by Crippen LogP contribution is -2.53. The molecular weight excluding hydrogens is 646 g/mol. The van der Waals surface area contributed by atoms with Crippen LogP contribution in [0.25, 0.3) is 0 Å². The molecule has 1 fully saturated rings. The third-order valence-corrected chi connectivity index (χ3v) is 10.0. The topological polar surface area (TPSA) is 105 Å². The van der Waals surface area contributed by atoms with Crippen LogP contribution < -0.4 is 19.1 Å². The van der Waals surface area contributed by atoms with Crippen LogP contribution in [0.5, 0.6) is 11.5 Å². The van der Waals surface area contributed by atoms with Crippen LogP contribution in [0, 0.1) is 0 Å². The summed E-state index contributed by atoms with van der Waals surface area (Å²) < 4.78 is 40.8. The molecule has 1 atom stereocenters. The summed E-state index contributed by atoms with van der Waals surface area (Å²) >= 11 is 3.36. The molecule has 1 N–H and O–H groups in total. The summed E-state index contributed by atoms with van der Waals surface area (Å²) in [5.74, 6) is 0.521. The summed E-state index contributed by atoms with van der Waals surface area (Å²) in [5.41, 5.74) is 1.09. The van der Waals surface area contributed by atoms with Gasteiger partial charge >= 0.3 is 0 Å². The van der Waals surface area contributed by atoms with Gasteiger partial charge in [0.1, 0.15) is 24.1 Å². The zero-order valence-electron chi connectivity index (χ0n) is 25.4. The van der Waals surface area contributed by atoms with Gasteiger partial charge in [0, 0.05) is 17.1 Å². The molecule has 236 valence electrons. The molecule has 0 aromatic heterocycles. The number of halogens is 1. The van der Waals surface area contributed by atoms with E-state index in [1.165, 1.54) is 17.0 Å². The fourth-order valence-corrected chi connectivity index (χ4v) is 7.03. The second-order valence-corrected chi connectivity index (χ2v) is 13.5. The SMILES string of the molecule is CCOc1ccc(N(CC(=O)N(Cc2ccc(OC)cc2)[C@H](CC)C(=O)NC2CCCC2)S(=O)(=O)c2ccc(Br)cc2)cc1. The van der Waals surface area contributed by atoms with Crippen molar-refractivity contribution in [2.45, 2.75) is 69.5 Å². The fraction of sp³-hybridized carbons (Fsp3) is 0.394. The maximum absolute atomic E-state index is 14.3. The number of nitrogens with one attached hydrogen (secondary N) is 1. The summed E-state index contributed by atoms with van der Waals surface area (Å²) in [6.45, 7) is 3.79. The Labute approximate surface area is 268 Å². The van der Waals surface area contributed by atoms with Gasteiger partial charge < -0.3 is 19.7 Å².